The second-order valence-corrected chi connectivity index (χ2v) is 6.35. The van der Waals surface area contributed by atoms with E-state index in [1.54, 1.807) is 13.8 Å². The van der Waals surface area contributed by atoms with Crippen molar-refractivity contribution in [3.8, 4) is 17.2 Å². The largest absolute Gasteiger partial charge is 0.435 e. The van der Waals surface area contributed by atoms with Gasteiger partial charge in [-0.25, -0.2) is 8.78 Å². The molecule has 2 heterocycles. The first-order valence-corrected chi connectivity index (χ1v) is 8.48. The molecule has 27 heavy (non-hydrogen) atoms. The molecule has 0 saturated carbocycles. The van der Waals surface area contributed by atoms with Crippen molar-refractivity contribution in [3.05, 3.63) is 46.0 Å². The first kappa shape index (κ1) is 19.3. The number of benzene rings is 1. The van der Waals surface area contributed by atoms with E-state index in [-0.39, 0.29) is 27.7 Å². The van der Waals surface area contributed by atoms with Crippen molar-refractivity contribution in [1.82, 2.24) is 20.0 Å². The summed E-state index contributed by atoms with van der Waals surface area (Å²) in [6.07, 6.45) is -2.72. The van der Waals surface area contributed by atoms with Crippen molar-refractivity contribution in [3.63, 3.8) is 0 Å². The molecule has 0 amide bonds. The van der Waals surface area contributed by atoms with Gasteiger partial charge < -0.3 is 9.15 Å². The third-order valence-corrected chi connectivity index (χ3v) is 4.78. The van der Waals surface area contributed by atoms with E-state index in [4.69, 9.17) is 4.42 Å². The molecule has 3 aromatic rings. The monoisotopic (exact) mass is 448 g/mol. The molecule has 1 aromatic carbocycles. The van der Waals surface area contributed by atoms with Crippen molar-refractivity contribution >= 4 is 15.9 Å². The Balaban J connectivity index is 1.84. The van der Waals surface area contributed by atoms with E-state index in [0.29, 0.717) is 11.3 Å². The number of hydrogen-bond donors (Lipinski definition) is 0. The molecule has 144 valence electrons. The van der Waals surface area contributed by atoms with Gasteiger partial charge in [-0.2, -0.15) is 13.9 Å². The predicted molar refractivity (Wildman–Crippen MR) is 89.8 cm³/mol. The lowest BCUT2D eigenvalue weighted by molar-refractivity contribution is -0.0498. The molecule has 0 aliphatic rings. The van der Waals surface area contributed by atoms with Crippen LogP contribution in [0, 0.1) is 6.92 Å². The lowest BCUT2D eigenvalue weighted by atomic mass is 10.2. The van der Waals surface area contributed by atoms with Crippen LogP contribution >= 0.6 is 15.9 Å². The van der Waals surface area contributed by atoms with E-state index in [1.807, 2.05) is 0 Å². The Hall–Kier alpha value is -2.43. The van der Waals surface area contributed by atoms with Crippen molar-refractivity contribution in [1.29, 1.82) is 0 Å². The molecule has 3 rings (SSSR count). The van der Waals surface area contributed by atoms with Crippen LogP contribution in [0.1, 0.15) is 36.7 Å². The molecular formula is C16H13BrF4N4O2. The van der Waals surface area contributed by atoms with Gasteiger partial charge in [0.15, 0.2) is 0 Å². The summed E-state index contributed by atoms with van der Waals surface area (Å²) < 4.78 is 61.9. The third kappa shape index (κ3) is 3.97. The van der Waals surface area contributed by atoms with Gasteiger partial charge in [0.1, 0.15) is 17.5 Å². The molecule has 0 saturated heterocycles. The van der Waals surface area contributed by atoms with Gasteiger partial charge in [-0.3, -0.25) is 4.68 Å². The Kier molecular flexibility index (Phi) is 5.49. The molecule has 11 heteroatoms. The highest BCUT2D eigenvalue weighted by Crippen LogP contribution is 2.32. The first-order valence-electron chi connectivity index (χ1n) is 7.69. The second-order valence-electron chi connectivity index (χ2n) is 5.55. The highest BCUT2D eigenvalue weighted by atomic mass is 79.9. The minimum absolute atomic E-state index is 0.00148. The van der Waals surface area contributed by atoms with E-state index in [1.165, 1.54) is 28.9 Å². The van der Waals surface area contributed by atoms with Crippen molar-refractivity contribution < 1.29 is 26.7 Å². The zero-order valence-electron chi connectivity index (χ0n) is 14.0. The van der Waals surface area contributed by atoms with Gasteiger partial charge in [0.2, 0.25) is 11.8 Å². The molecule has 0 aliphatic heterocycles. The summed E-state index contributed by atoms with van der Waals surface area (Å²) in [6.45, 7) is 0.401. The molecule has 6 nitrogen and oxygen atoms in total. The summed E-state index contributed by atoms with van der Waals surface area (Å²) in [7, 11) is 0. The summed E-state index contributed by atoms with van der Waals surface area (Å²) in [6, 6.07) is 5.09. The Labute approximate surface area is 159 Å². The molecule has 0 unspecified atom stereocenters. The lowest BCUT2D eigenvalue weighted by Crippen LogP contribution is -2.11. The molecule has 0 radical (unpaired) electrons. The summed E-state index contributed by atoms with van der Waals surface area (Å²) in [5.41, 5.74) is 0.619. The summed E-state index contributed by atoms with van der Waals surface area (Å²) in [5.74, 6) is 0.314. The van der Waals surface area contributed by atoms with Gasteiger partial charge in [0.05, 0.1) is 10.2 Å². The van der Waals surface area contributed by atoms with Crippen molar-refractivity contribution in [2.45, 2.75) is 32.9 Å². The zero-order valence-corrected chi connectivity index (χ0v) is 15.6. The van der Waals surface area contributed by atoms with Gasteiger partial charge >= 0.3 is 6.61 Å². The fourth-order valence-corrected chi connectivity index (χ4v) is 2.88. The number of nitrogens with zero attached hydrogens (tertiary/aromatic N) is 4. The quantitative estimate of drug-likeness (QED) is 0.487. The fourth-order valence-electron chi connectivity index (χ4n) is 2.44. The number of alkyl halides is 4. The van der Waals surface area contributed by atoms with E-state index >= 15 is 0 Å². The van der Waals surface area contributed by atoms with E-state index in [9.17, 15) is 17.6 Å². The van der Waals surface area contributed by atoms with Gasteiger partial charge in [-0.15, -0.1) is 10.2 Å². The second kappa shape index (κ2) is 7.67. The van der Waals surface area contributed by atoms with Crippen molar-refractivity contribution in [2.24, 2.45) is 0 Å². The highest BCUT2D eigenvalue weighted by molar-refractivity contribution is 9.10. The van der Waals surface area contributed by atoms with Crippen LogP contribution in [0.25, 0.3) is 11.5 Å². The van der Waals surface area contributed by atoms with Crippen LogP contribution < -0.4 is 4.74 Å². The smallest absolute Gasteiger partial charge is 0.387 e. The molecule has 0 fully saturated rings. The van der Waals surface area contributed by atoms with Crippen LogP contribution in [0.15, 0.2) is 33.2 Å². The number of halogens is 5. The number of aromatic nitrogens is 4. The van der Waals surface area contributed by atoms with Crippen LogP contribution in [-0.4, -0.2) is 26.6 Å². The van der Waals surface area contributed by atoms with Crippen LogP contribution in [0.2, 0.25) is 0 Å². The topological polar surface area (TPSA) is 66.0 Å². The molecule has 1 atom stereocenters. The average Bonchev–Trinajstić information content (AvgIpc) is 3.21. The maximum Gasteiger partial charge on any atom is 0.387 e. The SMILES string of the molecule is Cc1c(Br)c(C(F)F)nn1[C@@H](C)c1nnc(-c2ccc(OC(F)F)cc2)o1. The van der Waals surface area contributed by atoms with Crippen molar-refractivity contribution in [2.75, 3.05) is 0 Å². The van der Waals surface area contributed by atoms with Gasteiger partial charge in [-0.05, 0) is 54.0 Å². The fraction of sp³-hybridized carbons (Fsp3) is 0.312. The van der Waals surface area contributed by atoms with E-state index in [0.717, 1.165) is 0 Å². The first-order chi connectivity index (χ1) is 12.8. The van der Waals surface area contributed by atoms with Crippen LogP contribution in [-0.2, 0) is 0 Å². The summed E-state index contributed by atoms with van der Waals surface area (Å²) in [5, 5.41) is 11.8. The molecular weight excluding hydrogens is 436 g/mol. The van der Waals surface area contributed by atoms with Crippen LogP contribution in [0.3, 0.4) is 0 Å². The van der Waals surface area contributed by atoms with Gasteiger partial charge in [0, 0.05) is 5.56 Å². The number of hydrogen-bond acceptors (Lipinski definition) is 5. The Morgan fingerprint density at radius 1 is 1.11 bits per heavy atom. The number of ether oxygens (including phenoxy) is 1. The van der Waals surface area contributed by atoms with Gasteiger partial charge in [0.25, 0.3) is 6.43 Å². The standard InChI is InChI=1S/C16H13BrF4N4O2/c1-7-11(17)12(13(18)19)24-25(7)8(2)14-22-23-15(27-14)9-3-5-10(6-4-9)26-16(20)21/h3-6,8,13,16H,1-2H3/t8-/m0/s1. The van der Waals surface area contributed by atoms with Crippen LogP contribution in [0.5, 0.6) is 5.75 Å². The minimum Gasteiger partial charge on any atom is -0.435 e. The summed E-state index contributed by atoms with van der Waals surface area (Å²) in [4.78, 5) is 0. The Morgan fingerprint density at radius 3 is 2.33 bits per heavy atom. The predicted octanol–water partition coefficient (Wildman–Crippen LogP) is 5.15. The molecule has 0 spiro atoms. The molecule has 0 N–H and O–H groups in total. The lowest BCUT2D eigenvalue weighted by Gasteiger charge is -2.09. The minimum atomic E-state index is -2.92. The summed E-state index contributed by atoms with van der Waals surface area (Å²) >= 11 is 3.11. The van der Waals surface area contributed by atoms with E-state index in [2.05, 4.69) is 36.0 Å². The van der Waals surface area contributed by atoms with Gasteiger partial charge in [-0.1, -0.05) is 0 Å². The molecule has 2 aromatic heterocycles. The average molecular weight is 449 g/mol. The highest BCUT2D eigenvalue weighted by Gasteiger charge is 2.25. The normalized spacial score (nSPS) is 12.8. The Morgan fingerprint density at radius 2 is 1.78 bits per heavy atom. The Bertz CT molecular complexity index is 927. The zero-order chi connectivity index (χ0) is 19.7. The van der Waals surface area contributed by atoms with E-state index < -0.39 is 19.1 Å². The number of rotatable bonds is 6. The maximum atomic E-state index is 13.0. The van der Waals surface area contributed by atoms with Crippen LogP contribution in [0.4, 0.5) is 17.6 Å². The molecule has 0 aliphatic carbocycles. The third-order valence-electron chi connectivity index (χ3n) is 3.80. The maximum absolute atomic E-state index is 13.0. The molecule has 0 bridgehead atoms.